The number of nitrogens with zero attached hydrogens (tertiary/aromatic N) is 2. The van der Waals surface area contributed by atoms with Crippen LogP contribution in [0.2, 0.25) is 0 Å². The van der Waals surface area contributed by atoms with Gasteiger partial charge in [-0.15, -0.1) is 0 Å². The van der Waals surface area contributed by atoms with Crippen LogP contribution in [0.4, 0.5) is 11.4 Å². The highest BCUT2D eigenvalue weighted by Crippen LogP contribution is 2.36. The van der Waals surface area contributed by atoms with Gasteiger partial charge in [0, 0.05) is 37.9 Å². The van der Waals surface area contributed by atoms with Crippen LogP contribution in [0.5, 0.6) is 17.2 Å². The summed E-state index contributed by atoms with van der Waals surface area (Å²) in [6, 6.07) is 10.8. The standard InChI is InChI=1S/C27H33N3O6/c1-4-35-24-8-5-20(17-25(24)33-3)6-10-26(31)28-21-7-9-23-22(18-21)30(27(32)19(2)36-23)12-11-29-13-15-34-16-14-29/h5-10,17-19H,4,11-16H2,1-3H3,(H,28,31)/b10-6+. The highest BCUT2D eigenvalue weighted by atomic mass is 16.5. The molecule has 1 saturated heterocycles. The molecule has 2 amide bonds. The maximum atomic E-state index is 12.9. The summed E-state index contributed by atoms with van der Waals surface area (Å²) in [5.41, 5.74) is 2.04. The molecule has 0 spiro atoms. The number of carbonyl (C=O) groups is 2. The molecule has 2 aliphatic rings. The number of hydrogen-bond acceptors (Lipinski definition) is 7. The second kappa shape index (κ2) is 11.9. The lowest BCUT2D eigenvalue weighted by Crippen LogP contribution is -2.48. The Hall–Kier alpha value is -3.56. The fraction of sp³-hybridized carbons (Fsp3) is 0.407. The van der Waals surface area contributed by atoms with Crippen LogP contribution >= 0.6 is 0 Å². The van der Waals surface area contributed by atoms with Crippen LogP contribution < -0.4 is 24.4 Å². The molecule has 2 heterocycles. The number of ether oxygens (including phenoxy) is 4. The van der Waals surface area contributed by atoms with Crippen molar-refractivity contribution in [2.24, 2.45) is 0 Å². The van der Waals surface area contributed by atoms with Crippen molar-refractivity contribution in [3.8, 4) is 17.2 Å². The number of rotatable bonds is 9. The molecule has 0 aliphatic carbocycles. The number of nitrogens with one attached hydrogen (secondary N) is 1. The number of carbonyl (C=O) groups excluding carboxylic acids is 2. The van der Waals surface area contributed by atoms with Crippen LogP contribution in [-0.4, -0.2) is 75.9 Å². The first-order valence-electron chi connectivity index (χ1n) is 12.2. The van der Waals surface area contributed by atoms with Gasteiger partial charge in [0.25, 0.3) is 5.91 Å². The number of methoxy groups -OCH3 is 1. The van der Waals surface area contributed by atoms with Crippen LogP contribution in [0, 0.1) is 0 Å². The minimum atomic E-state index is -0.559. The molecule has 2 aliphatic heterocycles. The molecule has 9 heteroatoms. The predicted molar refractivity (Wildman–Crippen MR) is 138 cm³/mol. The highest BCUT2D eigenvalue weighted by molar-refractivity contribution is 6.04. The summed E-state index contributed by atoms with van der Waals surface area (Å²) >= 11 is 0. The van der Waals surface area contributed by atoms with Gasteiger partial charge in [-0.1, -0.05) is 6.07 Å². The Morgan fingerprint density at radius 1 is 1.14 bits per heavy atom. The molecule has 2 aromatic carbocycles. The van der Waals surface area contributed by atoms with Crippen molar-refractivity contribution in [1.29, 1.82) is 0 Å². The van der Waals surface area contributed by atoms with E-state index in [0.29, 0.717) is 55.0 Å². The van der Waals surface area contributed by atoms with Crippen LogP contribution in [0.15, 0.2) is 42.5 Å². The third-order valence-corrected chi connectivity index (χ3v) is 6.09. The molecule has 4 rings (SSSR count). The zero-order valence-corrected chi connectivity index (χ0v) is 21.0. The fourth-order valence-electron chi connectivity index (χ4n) is 4.20. The minimum absolute atomic E-state index is 0.0939. The van der Waals surface area contributed by atoms with Crippen molar-refractivity contribution in [1.82, 2.24) is 4.90 Å². The number of anilines is 2. The number of amides is 2. The van der Waals surface area contributed by atoms with Crippen molar-refractivity contribution in [2.75, 3.05) is 63.3 Å². The summed E-state index contributed by atoms with van der Waals surface area (Å²) in [5, 5.41) is 2.87. The number of morpholine rings is 1. The molecule has 2 aromatic rings. The first kappa shape index (κ1) is 25.5. The summed E-state index contributed by atoms with van der Waals surface area (Å²) in [6.07, 6.45) is 2.60. The Morgan fingerprint density at radius 2 is 1.94 bits per heavy atom. The molecule has 0 bridgehead atoms. The summed E-state index contributed by atoms with van der Waals surface area (Å²) in [7, 11) is 1.58. The molecule has 0 radical (unpaired) electrons. The monoisotopic (exact) mass is 495 g/mol. The van der Waals surface area contributed by atoms with Gasteiger partial charge in [0.2, 0.25) is 5.91 Å². The molecule has 192 valence electrons. The lowest BCUT2D eigenvalue weighted by molar-refractivity contribution is -0.125. The quantitative estimate of drug-likeness (QED) is 0.535. The fourth-order valence-corrected chi connectivity index (χ4v) is 4.20. The Kier molecular flexibility index (Phi) is 8.45. The zero-order chi connectivity index (χ0) is 25.5. The van der Waals surface area contributed by atoms with Crippen LogP contribution in [0.1, 0.15) is 19.4 Å². The second-order valence-corrected chi connectivity index (χ2v) is 8.55. The SMILES string of the molecule is CCOc1ccc(/C=C/C(=O)Nc2ccc3c(c2)N(CCN2CCOCC2)C(=O)C(C)O3)cc1OC. The first-order valence-corrected chi connectivity index (χ1v) is 12.2. The maximum absolute atomic E-state index is 12.9. The normalized spacial score (nSPS) is 18.0. The Balaban J connectivity index is 1.44. The third kappa shape index (κ3) is 6.16. The third-order valence-electron chi connectivity index (χ3n) is 6.09. The van der Waals surface area contributed by atoms with Gasteiger partial charge in [-0.05, 0) is 55.8 Å². The van der Waals surface area contributed by atoms with E-state index in [1.165, 1.54) is 6.08 Å². The zero-order valence-electron chi connectivity index (χ0n) is 21.0. The molecule has 9 nitrogen and oxygen atoms in total. The number of hydrogen-bond donors (Lipinski definition) is 1. The van der Waals surface area contributed by atoms with Crippen LogP contribution in [0.3, 0.4) is 0 Å². The van der Waals surface area contributed by atoms with E-state index in [9.17, 15) is 9.59 Å². The van der Waals surface area contributed by atoms with Crippen LogP contribution in [0.25, 0.3) is 6.08 Å². The molecule has 0 saturated carbocycles. The van der Waals surface area contributed by atoms with E-state index in [1.54, 1.807) is 43.2 Å². The van der Waals surface area contributed by atoms with E-state index in [0.717, 1.165) is 25.2 Å². The van der Waals surface area contributed by atoms with E-state index < -0.39 is 6.10 Å². The summed E-state index contributed by atoms with van der Waals surface area (Å²) in [4.78, 5) is 29.6. The summed E-state index contributed by atoms with van der Waals surface area (Å²) in [6.45, 7) is 8.59. The lowest BCUT2D eigenvalue weighted by atomic mass is 10.1. The molecule has 1 fully saturated rings. The summed E-state index contributed by atoms with van der Waals surface area (Å²) in [5.74, 6) is 1.49. The summed E-state index contributed by atoms with van der Waals surface area (Å²) < 4.78 is 22.1. The Labute approximate surface area is 211 Å². The van der Waals surface area contributed by atoms with E-state index in [2.05, 4.69) is 10.2 Å². The van der Waals surface area contributed by atoms with Crippen molar-refractivity contribution in [3.63, 3.8) is 0 Å². The van der Waals surface area contributed by atoms with Crippen molar-refractivity contribution in [2.45, 2.75) is 20.0 Å². The van der Waals surface area contributed by atoms with E-state index in [-0.39, 0.29) is 11.8 Å². The predicted octanol–water partition coefficient (Wildman–Crippen LogP) is 3.19. The van der Waals surface area contributed by atoms with E-state index in [4.69, 9.17) is 18.9 Å². The number of benzene rings is 2. The Bertz CT molecular complexity index is 1110. The number of fused-ring (bicyclic) bond motifs is 1. The molecule has 36 heavy (non-hydrogen) atoms. The maximum Gasteiger partial charge on any atom is 0.267 e. The molecular formula is C27H33N3O6. The average molecular weight is 496 g/mol. The topological polar surface area (TPSA) is 89.6 Å². The van der Waals surface area contributed by atoms with Crippen molar-refractivity contribution < 1.29 is 28.5 Å². The highest BCUT2D eigenvalue weighted by Gasteiger charge is 2.32. The molecule has 1 unspecified atom stereocenters. The van der Waals surface area contributed by atoms with Gasteiger partial charge in [0.1, 0.15) is 5.75 Å². The second-order valence-electron chi connectivity index (χ2n) is 8.55. The molecule has 1 N–H and O–H groups in total. The molecular weight excluding hydrogens is 462 g/mol. The van der Waals surface area contributed by atoms with Crippen molar-refractivity contribution in [3.05, 3.63) is 48.0 Å². The van der Waals surface area contributed by atoms with Gasteiger partial charge in [-0.2, -0.15) is 0 Å². The largest absolute Gasteiger partial charge is 0.493 e. The Morgan fingerprint density at radius 3 is 2.69 bits per heavy atom. The van der Waals surface area contributed by atoms with E-state index in [1.807, 2.05) is 25.1 Å². The minimum Gasteiger partial charge on any atom is -0.493 e. The van der Waals surface area contributed by atoms with E-state index >= 15 is 0 Å². The van der Waals surface area contributed by atoms with Gasteiger partial charge < -0.3 is 29.2 Å². The smallest absolute Gasteiger partial charge is 0.267 e. The molecule has 0 aromatic heterocycles. The van der Waals surface area contributed by atoms with Gasteiger partial charge in [0.15, 0.2) is 17.6 Å². The first-order chi connectivity index (χ1) is 17.5. The van der Waals surface area contributed by atoms with Gasteiger partial charge in [-0.3, -0.25) is 14.5 Å². The van der Waals surface area contributed by atoms with Crippen LogP contribution in [-0.2, 0) is 14.3 Å². The van der Waals surface area contributed by atoms with Gasteiger partial charge in [0.05, 0.1) is 32.6 Å². The van der Waals surface area contributed by atoms with Crippen molar-refractivity contribution >= 4 is 29.3 Å². The lowest BCUT2D eigenvalue weighted by Gasteiger charge is -2.35. The molecule has 1 atom stereocenters. The van der Waals surface area contributed by atoms with Gasteiger partial charge in [-0.25, -0.2) is 0 Å². The average Bonchev–Trinajstić information content (AvgIpc) is 2.89. The van der Waals surface area contributed by atoms with Gasteiger partial charge >= 0.3 is 0 Å².